The molecule has 2 saturated heterocycles. The smallest absolute Gasteiger partial charge is 0.231 e. The van der Waals surface area contributed by atoms with Gasteiger partial charge in [0.15, 0.2) is 0 Å². The van der Waals surface area contributed by atoms with Gasteiger partial charge in [-0.25, -0.2) is 0 Å². The highest BCUT2D eigenvalue weighted by Gasteiger charge is 2.41. The summed E-state index contributed by atoms with van der Waals surface area (Å²) in [5.74, 6) is -0.0263. The van der Waals surface area contributed by atoms with E-state index >= 15 is 0 Å². The molecule has 1 aromatic carbocycles. The molecule has 5 nitrogen and oxygen atoms in total. The molecule has 5 heteroatoms. The Bertz CT molecular complexity index is 575. The second-order valence-electron chi connectivity index (χ2n) is 7.02. The number of nitrogens with two attached hydrogens (primary N) is 1. The van der Waals surface area contributed by atoms with Crippen LogP contribution in [0.25, 0.3) is 0 Å². The molecule has 0 aromatic heterocycles. The first-order chi connectivity index (χ1) is 11.1. The molecule has 2 amide bonds. The lowest BCUT2D eigenvalue weighted by atomic mass is 9.73. The van der Waals surface area contributed by atoms with Crippen LogP contribution in [0.3, 0.4) is 0 Å². The maximum absolute atomic E-state index is 12.3. The lowest BCUT2D eigenvalue weighted by Gasteiger charge is -2.48. The number of hydrogen-bond acceptors (Lipinski definition) is 3. The molecule has 0 saturated carbocycles. The summed E-state index contributed by atoms with van der Waals surface area (Å²) in [5.41, 5.74) is 6.64. The minimum atomic E-state index is -0.268. The maximum Gasteiger partial charge on any atom is 0.231 e. The van der Waals surface area contributed by atoms with Gasteiger partial charge in [-0.2, -0.15) is 0 Å². The maximum atomic E-state index is 12.3. The highest BCUT2D eigenvalue weighted by molar-refractivity contribution is 5.77. The number of nitrogens with zero attached hydrogens (tertiary/aromatic N) is 2. The van der Waals surface area contributed by atoms with Crippen LogP contribution in [0.15, 0.2) is 30.3 Å². The molecule has 0 radical (unpaired) electrons. The number of likely N-dealkylation sites (tertiary alicyclic amines) is 2. The van der Waals surface area contributed by atoms with Gasteiger partial charge in [-0.05, 0) is 31.4 Å². The largest absolute Gasteiger partial charge is 0.369 e. The van der Waals surface area contributed by atoms with Crippen molar-refractivity contribution >= 4 is 11.8 Å². The predicted octanol–water partition coefficient (Wildman–Crippen LogP) is 1.38. The average molecular weight is 315 g/mol. The van der Waals surface area contributed by atoms with E-state index in [0.29, 0.717) is 19.5 Å². The molecule has 2 heterocycles. The van der Waals surface area contributed by atoms with Crippen molar-refractivity contribution in [2.24, 2.45) is 11.1 Å². The predicted molar refractivity (Wildman–Crippen MR) is 88.4 cm³/mol. The summed E-state index contributed by atoms with van der Waals surface area (Å²) in [6, 6.07) is 10.1. The van der Waals surface area contributed by atoms with E-state index in [1.54, 1.807) is 0 Å². The van der Waals surface area contributed by atoms with E-state index < -0.39 is 0 Å². The topological polar surface area (TPSA) is 66.6 Å². The zero-order chi connectivity index (χ0) is 16.3. The van der Waals surface area contributed by atoms with Gasteiger partial charge < -0.3 is 10.6 Å². The monoisotopic (exact) mass is 315 g/mol. The van der Waals surface area contributed by atoms with E-state index in [2.05, 4.69) is 17.0 Å². The Kier molecular flexibility index (Phi) is 4.66. The van der Waals surface area contributed by atoms with Gasteiger partial charge in [0.05, 0.1) is 6.54 Å². The second kappa shape index (κ2) is 6.71. The lowest BCUT2D eigenvalue weighted by Crippen LogP contribution is -2.54. The third-order valence-electron chi connectivity index (χ3n) is 5.08. The molecular formula is C18H25N3O2. The first-order valence-electron chi connectivity index (χ1n) is 8.39. The van der Waals surface area contributed by atoms with Crippen LogP contribution in [-0.4, -0.2) is 47.8 Å². The first-order valence-corrected chi connectivity index (χ1v) is 8.39. The zero-order valence-electron chi connectivity index (χ0n) is 13.5. The summed E-state index contributed by atoms with van der Waals surface area (Å²) in [6.07, 6.45) is 3.73. The average Bonchev–Trinajstić information content (AvgIpc) is 2.52. The van der Waals surface area contributed by atoms with Crippen molar-refractivity contribution in [1.82, 2.24) is 9.80 Å². The van der Waals surface area contributed by atoms with E-state index in [1.807, 2.05) is 23.1 Å². The molecule has 1 aromatic rings. The second-order valence-corrected chi connectivity index (χ2v) is 7.02. The Morgan fingerprint density at radius 1 is 1.17 bits per heavy atom. The summed E-state index contributed by atoms with van der Waals surface area (Å²) in [5, 5.41) is 0. The summed E-state index contributed by atoms with van der Waals surface area (Å²) in [6.45, 7) is 3.59. The summed E-state index contributed by atoms with van der Waals surface area (Å²) >= 11 is 0. The van der Waals surface area contributed by atoms with Crippen LogP contribution in [0.1, 0.15) is 31.2 Å². The molecule has 2 aliphatic rings. The molecule has 2 fully saturated rings. The first kappa shape index (κ1) is 16.0. The van der Waals surface area contributed by atoms with Crippen molar-refractivity contribution in [3.63, 3.8) is 0 Å². The van der Waals surface area contributed by atoms with Crippen LogP contribution in [-0.2, 0) is 16.1 Å². The molecule has 2 N–H and O–H groups in total. The SMILES string of the molecule is NC(=O)CN1CCCC2(CCC(=O)N(Cc3ccccc3)C2)C1. The van der Waals surface area contributed by atoms with Gasteiger partial charge in [0.25, 0.3) is 0 Å². The van der Waals surface area contributed by atoms with E-state index in [9.17, 15) is 9.59 Å². The molecule has 23 heavy (non-hydrogen) atoms. The van der Waals surface area contributed by atoms with Gasteiger partial charge in [-0.15, -0.1) is 0 Å². The van der Waals surface area contributed by atoms with Crippen LogP contribution < -0.4 is 5.73 Å². The van der Waals surface area contributed by atoms with Gasteiger partial charge in [-0.3, -0.25) is 14.5 Å². The van der Waals surface area contributed by atoms with Crippen LogP contribution in [0.5, 0.6) is 0 Å². The Morgan fingerprint density at radius 2 is 1.96 bits per heavy atom. The highest BCUT2D eigenvalue weighted by Crippen LogP contribution is 2.39. The van der Waals surface area contributed by atoms with E-state index in [-0.39, 0.29) is 17.2 Å². The molecule has 0 bridgehead atoms. The number of hydrogen-bond donors (Lipinski definition) is 1. The molecule has 0 aliphatic carbocycles. The molecule has 1 atom stereocenters. The number of carbonyl (C=O) groups excluding carboxylic acids is 2. The van der Waals surface area contributed by atoms with Crippen molar-refractivity contribution in [3.8, 4) is 0 Å². The fourth-order valence-corrected chi connectivity index (χ4v) is 4.05. The Hall–Kier alpha value is -1.88. The molecule has 2 aliphatic heterocycles. The van der Waals surface area contributed by atoms with Crippen molar-refractivity contribution in [2.75, 3.05) is 26.2 Å². The molecular weight excluding hydrogens is 290 g/mol. The van der Waals surface area contributed by atoms with Crippen molar-refractivity contribution < 1.29 is 9.59 Å². The fourth-order valence-electron chi connectivity index (χ4n) is 4.05. The minimum absolute atomic E-state index is 0.121. The summed E-state index contributed by atoms with van der Waals surface area (Å²) in [4.78, 5) is 27.7. The van der Waals surface area contributed by atoms with Crippen LogP contribution in [0.2, 0.25) is 0 Å². The Balaban J connectivity index is 1.69. The van der Waals surface area contributed by atoms with Gasteiger partial charge in [-0.1, -0.05) is 30.3 Å². The standard InChI is InChI=1S/C18H25N3O2/c19-16(22)12-20-10-4-8-18(13-20)9-7-17(23)21(14-18)11-15-5-2-1-3-6-15/h1-3,5-6H,4,7-14H2,(H2,19,22). The quantitative estimate of drug-likeness (QED) is 0.913. The van der Waals surface area contributed by atoms with Crippen molar-refractivity contribution in [3.05, 3.63) is 35.9 Å². The van der Waals surface area contributed by atoms with Crippen molar-refractivity contribution in [2.45, 2.75) is 32.2 Å². The Morgan fingerprint density at radius 3 is 2.70 bits per heavy atom. The molecule has 124 valence electrons. The van der Waals surface area contributed by atoms with Gasteiger partial charge in [0.1, 0.15) is 0 Å². The molecule has 3 rings (SSSR count). The van der Waals surface area contributed by atoms with Gasteiger partial charge in [0.2, 0.25) is 11.8 Å². The van der Waals surface area contributed by atoms with E-state index in [4.69, 9.17) is 5.73 Å². The van der Waals surface area contributed by atoms with E-state index in [1.165, 1.54) is 5.56 Å². The summed E-state index contributed by atoms with van der Waals surface area (Å²) < 4.78 is 0. The molecule has 1 unspecified atom stereocenters. The highest BCUT2D eigenvalue weighted by atomic mass is 16.2. The minimum Gasteiger partial charge on any atom is -0.369 e. The van der Waals surface area contributed by atoms with Gasteiger partial charge >= 0.3 is 0 Å². The van der Waals surface area contributed by atoms with Gasteiger partial charge in [0, 0.05) is 31.5 Å². The van der Waals surface area contributed by atoms with E-state index in [0.717, 1.165) is 38.9 Å². The fraction of sp³-hybridized carbons (Fsp3) is 0.556. The van der Waals surface area contributed by atoms with Crippen LogP contribution >= 0.6 is 0 Å². The number of carbonyl (C=O) groups is 2. The lowest BCUT2D eigenvalue weighted by molar-refractivity contribution is -0.140. The normalized spacial score (nSPS) is 25.7. The van der Waals surface area contributed by atoms with Crippen LogP contribution in [0.4, 0.5) is 0 Å². The number of piperidine rings is 2. The number of rotatable bonds is 4. The zero-order valence-corrected chi connectivity index (χ0v) is 13.5. The number of amides is 2. The van der Waals surface area contributed by atoms with Crippen LogP contribution in [0, 0.1) is 5.41 Å². The molecule has 1 spiro atoms. The third-order valence-corrected chi connectivity index (χ3v) is 5.08. The summed E-state index contributed by atoms with van der Waals surface area (Å²) in [7, 11) is 0. The third kappa shape index (κ3) is 3.91. The Labute approximate surface area is 137 Å². The van der Waals surface area contributed by atoms with Crippen molar-refractivity contribution in [1.29, 1.82) is 0 Å². The number of benzene rings is 1. The number of primary amides is 1.